The normalized spacial score (nSPS) is 17.9. The molecule has 0 unspecified atom stereocenters. The molecule has 3 nitrogen and oxygen atoms in total. The lowest BCUT2D eigenvalue weighted by atomic mass is 10.0. The molecule has 1 fully saturated rings. The molecule has 0 radical (unpaired) electrons. The smallest absolute Gasteiger partial charge is 0.142 e. The maximum absolute atomic E-state index is 4.21. The zero-order valence-electron chi connectivity index (χ0n) is 8.26. The van der Waals surface area contributed by atoms with Crippen LogP contribution in [0.5, 0.6) is 0 Å². The standard InChI is InChI=1S/C10H14IN3/c1-2-10(3-4-10)6-13-9-8(11)5-12-7-14-9/h5,7H,2-4,6H2,1H3,(H,12,13,14). The van der Waals surface area contributed by atoms with Crippen LogP contribution in [0, 0.1) is 8.99 Å². The number of anilines is 1. The van der Waals surface area contributed by atoms with Crippen molar-refractivity contribution in [2.45, 2.75) is 26.2 Å². The number of aromatic nitrogens is 2. The number of rotatable bonds is 4. The first kappa shape index (κ1) is 10.1. The molecular weight excluding hydrogens is 289 g/mol. The maximum atomic E-state index is 4.21. The molecule has 0 saturated heterocycles. The van der Waals surface area contributed by atoms with E-state index in [0.29, 0.717) is 5.41 Å². The fourth-order valence-electron chi connectivity index (χ4n) is 1.55. The van der Waals surface area contributed by atoms with E-state index >= 15 is 0 Å². The molecule has 1 N–H and O–H groups in total. The van der Waals surface area contributed by atoms with Gasteiger partial charge in [0.05, 0.1) is 3.57 Å². The topological polar surface area (TPSA) is 37.8 Å². The first-order chi connectivity index (χ1) is 6.76. The van der Waals surface area contributed by atoms with E-state index in [0.717, 1.165) is 15.9 Å². The molecule has 0 aliphatic heterocycles. The van der Waals surface area contributed by atoms with Crippen LogP contribution in [0.2, 0.25) is 0 Å². The van der Waals surface area contributed by atoms with Crippen molar-refractivity contribution in [3.05, 3.63) is 16.1 Å². The van der Waals surface area contributed by atoms with Gasteiger partial charge in [0.15, 0.2) is 0 Å². The van der Waals surface area contributed by atoms with Gasteiger partial charge in [-0.25, -0.2) is 9.97 Å². The van der Waals surface area contributed by atoms with Crippen molar-refractivity contribution in [1.29, 1.82) is 0 Å². The highest BCUT2D eigenvalue weighted by molar-refractivity contribution is 14.1. The average Bonchev–Trinajstić information content (AvgIpc) is 2.98. The summed E-state index contributed by atoms with van der Waals surface area (Å²) in [6.07, 6.45) is 7.41. The molecule has 0 spiro atoms. The second-order valence-electron chi connectivity index (χ2n) is 3.93. The average molecular weight is 303 g/mol. The summed E-state index contributed by atoms with van der Waals surface area (Å²) in [4.78, 5) is 8.18. The van der Waals surface area contributed by atoms with Gasteiger partial charge in [0.1, 0.15) is 12.1 Å². The Labute approximate surface area is 97.9 Å². The molecule has 14 heavy (non-hydrogen) atoms. The fraction of sp³-hybridized carbons (Fsp3) is 0.600. The molecule has 2 rings (SSSR count). The van der Waals surface area contributed by atoms with Crippen LogP contribution in [0.1, 0.15) is 26.2 Å². The van der Waals surface area contributed by atoms with Gasteiger partial charge >= 0.3 is 0 Å². The largest absolute Gasteiger partial charge is 0.369 e. The Morgan fingerprint density at radius 3 is 2.93 bits per heavy atom. The number of nitrogens with zero attached hydrogens (tertiary/aromatic N) is 2. The second-order valence-corrected chi connectivity index (χ2v) is 5.09. The summed E-state index contributed by atoms with van der Waals surface area (Å²) < 4.78 is 1.09. The van der Waals surface area contributed by atoms with Crippen molar-refractivity contribution in [2.75, 3.05) is 11.9 Å². The molecule has 76 valence electrons. The van der Waals surface area contributed by atoms with E-state index in [4.69, 9.17) is 0 Å². The second kappa shape index (κ2) is 4.00. The molecule has 1 aromatic rings. The summed E-state index contributed by atoms with van der Waals surface area (Å²) in [6, 6.07) is 0. The highest BCUT2D eigenvalue weighted by Crippen LogP contribution is 2.48. The third-order valence-corrected chi connectivity index (χ3v) is 3.79. The summed E-state index contributed by atoms with van der Waals surface area (Å²) in [6.45, 7) is 3.32. The summed E-state index contributed by atoms with van der Waals surface area (Å²) in [5.74, 6) is 0.973. The van der Waals surface area contributed by atoms with Crippen LogP contribution >= 0.6 is 22.6 Å². The molecule has 0 amide bonds. The van der Waals surface area contributed by atoms with Crippen molar-refractivity contribution >= 4 is 28.4 Å². The van der Waals surface area contributed by atoms with Crippen molar-refractivity contribution < 1.29 is 0 Å². The Balaban J connectivity index is 1.95. The van der Waals surface area contributed by atoms with Gasteiger partial charge in [-0.15, -0.1) is 0 Å². The summed E-state index contributed by atoms with van der Waals surface area (Å²) in [5.41, 5.74) is 0.564. The Morgan fingerprint density at radius 1 is 1.57 bits per heavy atom. The zero-order valence-corrected chi connectivity index (χ0v) is 10.4. The van der Waals surface area contributed by atoms with Gasteiger partial charge < -0.3 is 5.32 Å². The Kier molecular flexibility index (Phi) is 2.90. The Morgan fingerprint density at radius 2 is 2.36 bits per heavy atom. The molecular formula is C10H14IN3. The molecule has 1 aromatic heterocycles. The third-order valence-electron chi connectivity index (χ3n) is 3.01. The molecule has 1 saturated carbocycles. The minimum absolute atomic E-state index is 0.564. The molecule has 1 aliphatic rings. The molecule has 0 atom stereocenters. The predicted molar refractivity (Wildman–Crippen MR) is 65.2 cm³/mol. The predicted octanol–water partition coefficient (Wildman–Crippen LogP) is 2.68. The highest BCUT2D eigenvalue weighted by atomic mass is 127. The minimum Gasteiger partial charge on any atom is -0.369 e. The maximum Gasteiger partial charge on any atom is 0.142 e. The van der Waals surface area contributed by atoms with Crippen molar-refractivity contribution in [1.82, 2.24) is 9.97 Å². The first-order valence-electron chi connectivity index (χ1n) is 4.95. The monoisotopic (exact) mass is 303 g/mol. The molecule has 4 heteroatoms. The van der Waals surface area contributed by atoms with E-state index in [1.807, 2.05) is 6.20 Å². The lowest BCUT2D eigenvalue weighted by Crippen LogP contribution is -2.15. The van der Waals surface area contributed by atoms with Crippen LogP contribution in [-0.4, -0.2) is 16.5 Å². The summed E-state index contributed by atoms with van der Waals surface area (Å²) in [5, 5.41) is 3.41. The summed E-state index contributed by atoms with van der Waals surface area (Å²) >= 11 is 2.26. The fourth-order valence-corrected chi connectivity index (χ4v) is 2.04. The Bertz CT molecular complexity index is 323. The van der Waals surface area contributed by atoms with E-state index in [2.05, 4.69) is 44.8 Å². The van der Waals surface area contributed by atoms with Gasteiger partial charge in [0.25, 0.3) is 0 Å². The Hall–Kier alpha value is -0.390. The first-order valence-corrected chi connectivity index (χ1v) is 6.03. The number of hydrogen-bond acceptors (Lipinski definition) is 3. The van der Waals surface area contributed by atoms with Crippen molar-refractivity contribution in [3.8, 4) is 0 Å². The van der Waals surface area contributed by atoms with Crippen LogP contribution < -0.4 is 5.32 Å². The van der Waals surface area contributed by atoms with E-state index in [-0.39, 0.29) is 0 Å². The number of nitrogens with one attached hydrogen (secondary N) is 1. The molecule has 0 aromatic carbocycles. The number of halogens is 1. The SMILES string of the molecule is CCC1(CNc2ncncc2I)CC1. The molecule has 1 aliphatic carbocycles. The molecule has 1 heterocycles. The van der Waals surface area contributed by atoms with E-state index in [9.17, 15) is 0 Å². The van der Waals surface area contributed by atoms with Crippen LogP contribution in [0.25, 0.3) is 0 Å². The van der Waals surface area contributed by atoms with Gasteiger partial charge in [-0.05, 0) is 47.3 Å². The van der Waals surface area contributed by atoms with Gasteiger partial charge in [0, 0.05) is 12.7 Å². The van der Waals surface area contributed by atoms with Gasteiger partial charge in [0.2, 0.25) is 0 Å². The van der Waals surface area contributed by atoms with Crippen molar-refractivity contribution in [2.24, 2.45) is 5.41 Å². The van der Waals surface area contributed by atoms with Crippen LogP contribution in [0.3, 0.4) is 0 Å². The third kappa shape index (κ3) is 2.16. The van der Waals surface area contributed by atoms with Crippen LogP contribution in [-0.2, 0) is 0 Å². The van der Waals surface area contributed by atoms with E-state index in [1.165, 1.54) is 19.3 Å². The number of hydrogen-bond donors (Lipinski definition) is 1. The zero-order chi connectivity index (χ0) is 10.0. The lowest BCUT2D eigenvalue weighted by Gasteiger charge is -2.14. The highest BCUT2D eigenvalue weighted by Gasteiger charge is 2.40. The van der Waals surface area contributed by atoms with E-state index < -0.39 is 0 Å². The van der Waals surface area contributed by atoms with Crippen molar-refractivity contribution in [3.63, 3.8) is 0 Å². The quantitative estimate of drug-likeness (QED) is 0.869. The minimum atomic E-state index is 0.564. The van der Waals surface area contributed by atoms with E-state index in [1.54, 1.807) is 6.33 Å². The molecule has 0 bridgehead atoms. The van der Waals surface area contributed by atoms with Gasteiger partial charge in [-0.3, -0.25) is 0 Å². The van der Waals surface area contributed by atoms with Gasteiger partial charge in [-0.1, -0.05) is 6.92 Å². The van der Waals surface area contributed by atoms with Crippen LogP contribution in [0.15, 0.2) is 12.5 Å². The summed E-state index contributed by atoms with van der Waals surface area (Å²) in [7, 11) is 0. The van der Waals surface area contributed by atoms with Crippen LogP contribution in [0.4, 0.5) is 5.82 Å². The lowest BCUT2D eigenvalue weighted by molar-refractivity contribution is 0.520. The van der Waals surface area contributed by atoms with Gasteiger partial charge in [-0.2, -0.15) is 0 Å².